The lowest BCUT2D eigenvalue weighted by Gasteiger charge is -2.31. The summed E-state index contributed by atoms with van der Waals surface area (Å²) >= 11 is 0. The first-order chi connectivity index (χ1) is 9.70. The van der Waals surface area contributed by atoms with Gasteiger partial charge in [0.1, 0.15) is 16.4 Å². The fraction of sp³-hybridized carbons (Fsp3) is 0.571. The van der Waals surface area contributed by atoms with Crippen molar-refractivity contribution in [1.29, 1.82) is 0 Å². The minimum absolute atomic E-state index is 0.237. The summed E-state index contributed by atoms with van der Waals surface area (Å²) in [5, 5.41) is 0. The molecule has 1 aromatic carbocycles. The molecule has 1 aliphatic carbocycles. The van der Waals surface area contributed by atoms with Crippen LogP contribution in [0, 0.1) is 23.5 Å². The Labute approximate surface area is 123 Å². The topological polar surface area (TPSA) is 72.2 Å². The smallest absolute Gasteiger partial charge is 0.243 e. The van der Waals surface area contributed by atoms with E-state index in [9.17, 15) is 17.2 Å². The van der Waals surface area contributed by atoms with Crippen LogP contribution in [0.2, 0.25) is 0 Å². The predicted octanol–water partition coefficient (Wildman–Crippen LogP) is 2.65. The molecule has 0 radical (unpaired) electrons. The van der Waals surface area contributed by atoms with Gasteiger partial charge < -0.3 is 5.73 Å². The van der Waals surface area contributed by atoms with Crippen LogP contribution in [0.3, 0.4) is 0 Å². The van der Waals surface area contributed by atoms with E-state index >= 15 is 0 Å². The van der Waals surface area contributed by atoms with Gasteiger partial charge in [-0.3, -0.25) is 0 Å². The van der Waals surface area contributed by atoms with Gasteiger partial charge in [-0.15, -0.1) is 0 Å². The van der Waals surface area contributed by atoms with Gasteiger partial charge in [-0.2, -0.15) is 0 Å². The molecule has 118 valence electrons. The highest BCUT2D eigenvalue weighted by Gasteiger charge is 2.30. The average molecular weight is 318 g/mol. The Bertz CT molecular complexity index is 624. The van der Waals surface area contributed by atoms with Gasteiger partial charge in [0, 0.05) is 6.04 Å². The summed E-state index contributed by atoms with van der Waals surface area (Å²) in [6.07, 6.45) is 2.47. The molecule has 1 aliphatic rings. The molecule has 0 saturated heterocycles. The highest BCUT2D eigenvalue weighted by molar-refractivity contribution is 7.89. The van der Waals surface area contributed by atoms with Gasteiger partial charge in [-0.25, -0.2) is 21.9 Å². The van der Waals surface area contributed by atoms with Crippen LogP contribution < -0.4 is 10.5 Å². The van der Waals surface area contributed by atoms with Gasteiger partial charge in [0.15, 0.2) is 5.82 Å². The first-order valence-corrected chi connectivity index (χ1v) is 8.44. The van der Waals surface area contributed by atoms with Crippen molar-refractivity contribution in [3.8, 4) is 0 Å². The lowest BCUT2D eigenvalue weighted by Crippen LogP contribution is -2.40. The van der Waals surface area contributed by atoms with Crippen molar-refractivity contribution in [1.82, 2.24) is 4.72 Å². The molecule has 3 N–H and O–H groups in total. The van der Waals surface area contributed by atoms with Crippen LogP contribution in [0.1, 0.15) is 33.1 Å². The molecule has 21 heavy (non-hydrogen) atoms. The number of hydrogen-bond acceptors (Lipinski definition) is 3. The number of rotatable bonds is 3. The highest BCUT2D eigenvalue weighted by Crippen LogP contribution is 2.30. The average Bonchev–Trinajstić information content (AvgIpc) is 2.33. The van der Waals surface area contributed by atoms with Crippen molar-refractivity contribution in [3.63, 3.8) is 0 Å². The molecule has 1 fully saturated rings. The Morgan fingerprint density at radius 2 is 1.71 bits per heavy atom. The minimum atomic E-state index is -4.05. The van der Waals surface area contributed by atoms with Crippen LogP contribution >= 0.6 is 0 Å². The zero-order valence-corrected chi connectivity index (χ0v) is 12.9. The van der Waals surface area contributed by atoms with Crippen molar-refractivity contribution >= 4 is 15.7 Å². The molecule has 2 rings (SSSR count). The van der Waals surface area contributed by atoms with E-state index in [1.54, 1.807) is 0 Å². The molecule has 1 aromatic rings. The number of nitrogen functional groups attached to an aromatic ring is 1. The van der Waals surface area contributed by atoms with Crippen LogP contribution in [-0.2, 0) is 10.0 Å². The minimum Gasteiger partial charge on any atom is -0.394 e. The third-order valence-corrected chi connectivity index (χ3v) is 5.42. The Kier molecular flexibility index (Phi) is 4.53. The fourth-order valence-corrected chi connectivity index (χ4v) is 4.43. The van der Waals surface area contributed by atoms with Crippen LogP contribution in [0.25, 0.3) is 0 Å². The first-order valence-electron chi connectivity index (χ1n) is 6.96. The standard InChI is InChI=1S/C14H20F2N2O2S/c1-8-5-9(2)7-10(6-8)18-21(19,20)12-4-3-11(15)14(17)13(12)16/h3-4,8-10,18H,5-7,17H2,1-2H3. The van der Waals surface area contributed by atoms with Crippen molar-refractivity contribution in [2.24, 2.45) is 11.8 Å². The van der Waals surface area contributed by atoms with Gasteiger partial charge in [-0.05, 0) is 43.2 Å². The molecule has 0 bridgehead atoms. The molecule has 0 amide bonds. The second-order valence-electron chi connectivity index (χ2n) is 6.01. The summed E-state index contributed by atoms with van der Waals surface area (Å²) < 4.78 is 54.1. The van der Waals surface area contributed by atoms with Crippen molar-refractivity contribution in [2.45, 2.75) is 44.0 Å². The maximum absolute atomic E-state index is 13.9. The molecular weight excluding hydrogens is 298 g/mol. The molecule has 7 heteroatoms. The predicted molar refractivity (Wildman–Crippen MR) is 77.1 cm³/mol. The van der Waals surface area contributed by atoms with Crippen LogP contribution in [-0.4, -0.2) is 14.5 Å². The van der Waals surface area contributed by atoms with E-state index in [-0.39, 0.29) is 6.04 Å². The summed E-state index contributed by atoms with van der Waals surface area (Å²) in [4.78, 5) is -0.604. The number of nitrogens with one attached hydrogen (secondary N) is 1. The van der Waals surface area contributed by atoms with E-state index in [0.717, 1.165) is 18.6 Å². The van der Waals surface area contributed by atoms with Gasteiger partial charge in [0.05, 0.1) is 0 Å². The van der Waals surface area contributed by atoms with E-state index < -0.39 is 32.2 Å². The van der Waals surface area contributed by atoms with Crippen LogP contribution in [0.5, 0.6) is 0 Å². The second-order valence-corrected chi connectivity index (χ2v) is 7.69. The third kappa shape index (κ3) is 3.52. The quantitative estimate of drug-likeness (QED) is 0.842. The number of hydrogen-bond donors (Lipinski definition) is 2. The SMILES string of the molecule is CC1CC(C)CC(NS(=O)(=O)c2ccc(F)c(N)c2F)C1. The Morgan fingerprint density at radius 1 is 1.14 bits per heavy atom. The molecule has 0 aliphatic heterocycles. The van der Waals surface area contributed by atoms with Gasteiger partial charge in [0.2, 0.25) is 10.0 Å². The molecule has 0 spiro atoms. The zero-order chi connectivity index (χ0) is 15.8. The zero-order valence-electron chi connectivity index (χ0n) is 12.1. The molecule has 0 aromatic heterocycles. The monoisotopic (exact) mass is 318 g/mol. The summed E-state index contributed by atoms with van der Waals surface area (Å²) in [5.74, 6) is -1.39. The summed E-state index contributed by atoms with van der Waals surface area (Å²) in [5.41, 5.74) is 4.44. The second kappa shape index (κ2) is 5.88. The van der Waals surface area contributed by atoms with Crippen LogP contribution in [0.15, 0.2) is 17.0 Å². The lowest BCUT2D eigenvalue weighted by molar-refractivity contribution is 0.257. The van der Waals surface area contributed by atoms with E-state index in [2.05, 4.69) is 18.6 Å². The molecule has 2 atom stereocenters. The van der Waals surface area contributed by atoms with Gasteiger partial charge in [-0.1, -0.05) is 13.8 Å². The summed E-state index contributed by atoms with van der Waals surface area (Å²) in [6, 6.07) is 1.53. The number of halogens is 2. The fourth-order valence-electron chi connectivity index (χ4n) is 3.08. The number of nitrogens with two attached hydrogens (primary N) is 1. The number of sulfonamides is 1. The summed E-state index contributed by atoms with van der Waals surface area (Å²) in [6.45, 7) is 4.13. The Balaban J connectivity index is 2.25. The van der Waals surface area contributed by atoms with Crippen molar-refractivity contribution < 1.29 is 17.2 Å². The first kappa shape index (κ1) is 16.2. The van der Waals surface area contributed by atoms with E-state index in [1.807, 2.05) is 0 Å². The number of anilines is 1. The molecular formula is C14H20F2N2O2S. The van der Waals surface area contributed by atoms with E-state index in [0.29, 0.717) is 24.7 Å². The van der Waals surface area contributed by atoms with Gasteiger partial charge in [0.25, 0.3) is 0 Å². The highest BCUT2D eigenvalue weighted by atomic mass is 32.2. The Morgan fingerprint density at radius 3 is 2.29 bits per heavy atom. The van der Waals surface area contributed by atoms with Crippen molar-refractivity contribution in [2.75, 3.05) is 5.73 Å². The molecule has 1 saturated carbocycles. The van der Waals surface area contributed by atoms with Crippen molar-refractivity contribution in [3.05, 3.63) is 23.8 Å². The molecule has 0 heterocycles. The molecule has 4 nitrogen and oxygen atoms in total. The normalized spacial score (nSPS) is 26.8. The van der Waals surface area contributed by atoms with E-state index in [1.165, 1.54) is 0 Å². The van der Waals surface area contributed by atoms with Crippen LogP contribution in [0.4, 0.5) is 14.5 Å². The summed E-state index contributed by atoms with van der Waals surface area (Å²) in [7, 11) is -4.05. The maximum atomic E-state index is 13.9. The maximum Gasteiger partial charge on any atom is 0.243 e. The Hall–Kier alpha value is -1.21. The largest absolute Gasteiger partial charge is 0.394 e. The number of benzene rings is 1. The molecule has 2 unspecified atom stereocenters. The van der Waals surface area contributed by atoms with Gasteiger partial charge >= 0.3 is 0 Å². The third-order valence-electron chi connectivity index (χ3n) is 3.88. The lowest BCUT2D eigenvalue weighted by atomic mass is 9.81. The van der Waals surface area contributed by atoms with E-state index in [4.69, 9.17) is 5.73 Å².